The molecule has 15 heavy (non-hydrogen) atoms. The van der Waals surface area contributed by atoms with E-state index in [2.05, 4.69) is 4.90 Å². The quantitative estimate of drug-likeness (QED) is 0.677. The standard InChI is InChI=1S/C9H17NO4S/c11-9(12)3-1-2-4-10-5-7-15(13,14)8-6-10/h1-8H2,(H,11,12). The summed E-state index contributed by atoms with van der Waals surface area (Å²) in [6, 6.07) is 0. The van der Waals surface area contributed by atoms with Crippen LogP contribution in [0.3, 0.4) is 0 Å². The summed E-state index contributed by atoms with van der Waals surface area (Å²) in [5, 5.41) is 8.43. The van der Waals surface area contributed by atoms with Crippen LogP contribution in [0.5, 0.6) is 0 Å². The number of sulfone groups is 1. The largest absolute Gasteiger partial charge is 0.481 e. The molecule has 0 spiro atoms. The van der Waals surface area contributed by atoms with E-state index in [0.29, 0.717) is 19.5 Å². The molecule has 0 unspecified atom stereocenters. The van der Waals surface area contributed by atoms with Crippen molar-refractivity contribution in [2.75, 3.05) is 31.1 Å². The third-order valence-electron chi connectivity index (χ3n) is 2.55. The number of aliphatic carboxylic acids is 1. The molecule has 1 aliphatic heterocycles. The maximum absolute atomic E-state index is 11.1. The first-order valence-corrected chi connectivity index (χ1v) is 6.96. The molecule has 88 valence electrons. The lowest BCUT2D eigenvalue weighted by Gasteiger charge is -2.26. The van der Waals surface area contributed by atoms with Gasteiger partial charge >= 0.3 is 5.97 Å². The van der Waals surface area contributed by atoms with Gasteiger partial charge in [-0.2, -0.15) is 0 Å². The summed E-state index contributed by atoms with van der Waals surface area (Å²) in [5.41, 5.74) is 0. The van der Waals surface area contributed by atoms with E-state index in [1.54, 1.807) is 0 Å². The van der Waals surface area contributed by atoms with Crippen LogP contribution < -0.4 is 0 Å². The van der Waals surface area contributed by atoms with Crippen molar-refractivity contribution in [3.05, 3.63) is 0 Å². The summed E-state index contributed by atoms with van der Waals surface area (Å²) in [5.74, 6) is -0.283. The summed E-state index contributed by atoms with van der Waals surface area (Å²) >= 11 is 0. The van der Waals surface area contributed by atoms with Gasteiger partial charge in [-0.05, 0) is 19.4 Å². The van der Waals surface area contributed by atoms with Crippen LogP contribution in [0.4, 0.5) is 0 Å². The third kappa shape index (κ3) is 5.13. The molecule has 1 aliphatic rings. The van der Waals surface area contributed by atoms with Crippen LogP contribution in [0.15, 0.2) is 0 Å². The highest BCUT2D eigenvalue weighted by Crippen LogP contribution is 2.05. The lowest BCUT2D eigenvalue weighted by Crippen LogP contribution is -2.40. The Bertz CT molecular complexity index is 298. The van der Waals surface area contributed by atoms with Gasteiger partial charge in [0.2, 0.25) is 0 Å². The van der Waals surface area contributed by atoms with E-state index in [0.717, 1.165) is 13.0 Å². The monoisotopic (exact) mass is 235 g/mol. The molecule has 1 fully saturated rings. The Hall–Kier alpha value is -0.620. The molecule has 1 heterocycles. The second kappa shape index (κ2) is 5.46. The first-order valence-electron chi connectivity index (χ1n) is 5.14. The number of unbranched alkanes of at least 4 members (excludes halogenated alkanes) is 1. The summed E-state index contributed by atoms with van der Waals surface area (Å²) < 4.78 is 22.2. The van der Waals surface area contributed by atoms with Gasteiger partial charge in [-0.25, -0.2) is 8.42 Å². The molecule has 0 bridgehead atoms. The molecule has 0 saturated carbocycles. The molecule has 0 aromatic heterocycles. The maximum atomic E-state index is 11.1. The molecular formula is C9H17NO4S. The van der Waals surface area contributed by atoms with Gasteiger partial charge in [0.15, 0.2) is 9.84 Å². The zero-order valence-corrected chi connectivity index (χ0v) is 9.50. The van der Waals surface area contributed by atoms with Crippen LogP contribution >= 0.6 is 0 Å². The SMILES string of the molecule is O=C(O)CCCCN1CCS(=O)(=O)CC1. The van der Waals surface area contributed by atoms with Gasteiger partial charge in [0.25, 0.3) is 0 Å². The first kappa shape index (κ1) is 12.4. The average Bonchev–Trinajstić information content (AvgIpc) is 2.14. The summed E-state index contributed by atoms with van der Waals surface area (Å²) in [6.07, 6.45) is 1.69. The zero-order chi connectivity index (χ0) is 11.3. The topological polar surface area (TPSA) is 74.7 Å². The van der Waals surface area contributed by atoms with Gasteiger partial charge in [0.1, 0.15) is 0 Å². The number of carbonyl (C=O) groups is 1. The Labute approximate surface area is 90.0 Å². The number of hydrogen-bond donors (Lipinski definition) is 1. The number of carboxylic acids is 1. The van der Waals surface area contributed by atoms with Gasteiger partial charge < -0.3 is 10.0 Å². The zero-order valence-electron chi connectivity index (χ0n) is 8.68. The third-order valence-corrected chi connectivity index (χ3v) is 4.16. The summed E-state index contributed by atoms with van der Waals surface area (Å²) in [7, 11) is -2.80. The van der Waals surface area contributed by atoms with E-state index < -0.39 is 15.8 Å². The second-order valence-corrected chi connectivity index (χ2v) is 6.15. The van der Waals surface area contributed by atoms with Crippen LogP contribution in [-0.2, 0) is 14.6 Å². The van der Waals surface area contributed by atoms with Crippen molar-refractivity contribution in [1.29, 1.82) is 0 Å². The Balaban J connectivity index is 2.11. The molecule has 0 aliphatic carbocycles. The fraction of sp³-hybridized carbons (Fsp3) is 0.889. The Morgan fingerprint density at radius 2 is 1.80 bits per heavy atom. The van der Waals surface area contributed by atoms with Crippen LogP contribution in [0.2, 0.25) is 0 Å². The van der Waals surface area contributed by atoms with E-state index in [4.69, 9.17) is 5.11 Å². The minimum absolute atomic E-state index is 0.201. The average molecular weight is 235 g/mol. The lowest BCUT2D eigenvalue weighted by molar-refractivity contribution is -0.137. The second-order valence-electron chi connectivity index (χ2n) is 3.84. The van der Waals surface area contributed by atoms with Crippen LogP contribution in [-0.4, -0.2) is 55.5 Å². The van der Waals surface area contributed by atoms with Crippen molar-refractivity contribution < 1.29 is 18.3 Å². The normalized spacial score (nSPS) is 21.3. The number of carboxylic acid groups (broad SMARTS) is 1. The van der Waals surface area contributed by atoms with Gasteiger partial charge in [0, 0.05) is 19.5 Å². The molecule has 5 nitrogen and oxygen atoms in total. The predicted octanol–water partition coefficient (Wildman–Crippen LogP) is -0.0283. The molecule has 0 aromatic carbocycles. The smallest absolute Gasteiger partial charge is 0.303 e. The summed E-state index contributed by atoms with van der Waals surface area (Å²) in [6.45, 7) is 1.99. The maximum Gasteiger partial charge on any atom is 0.303 e. The molecule has 6 heteroatoms. The van der Waals surface area contributed by atoms with Crippen LogP contribution in [0.1, 0.15) is 19.3 Å². The van der Waals surface area contributed by atoms with Crippen molar-refractivity contribution >= 4 is 15.8 Å². The molecule has 0 atom stereocenters. The molecule has 1 rings (SSSR count). The highest BCUT2D eigenvalue weighted by molar-refractivity contribution is 7.91. The number of hydrogen-bond acceptors (Lipinski definition) is 4. The van der Waals surface area contributed by atoms with E-state index in [-0.39, 0.29) is 17.9 Å². The minimum atomic E-state index is -2.80. The van der Waals surface area contributed by atoms with Gasteiger partial charge in [0.05, 0.1) is 11.5 Å². The fourth-order valence-electron chi connectivity index (χ4n) is 1.59. The van der Waals surface area contributed by atoms with Gasteiger partial charge in [-0.1, -0.05) is 0 Å². The van der Waals surface area contributed by atoms with Crippen molar-refractivity contribution in [3.63, 3.8) is 0 Å². The van der Waals surface area contributed by atoms with Crippen LogP contribution in [0, 0.1) is 0 Å². The van der Waals surface area contributed by atoms with Gasteiger partial charge in [-0.3, -0.25) is 4.79 Å². The molecular weight excluding hydrogens is 218 g/mol. The van der Waals surface area contributed by atoms with Crippen molar-refractivity contribution in [1.82, 2.24) is 4.90 Å². The van der Waals surface area contributed by atoms with Crippen molar-refractivity contribution in [2.45, 2.75) is 19.3 Å². The fourth-order valence-corrected chi connectivity index (χ4v) is 2.86. The summed E-state index contributed by atoms with van der Waals surface area (Å²) in [4.78, 5) is 12.3. The number of rotatable bonds is 5. The van der Waals surface area contributed by atoms with Crippen LogP contribution in [0.25, 0.3) is 0 Å². The molecule has 1 saturated heterocycles. The van der Waals surface area contributed by atoms with Crippen molar-refractivity contribution in [3.8, 4) is 0 Å². The van der Waals surface area contributed by atoms with E-state index in [1.165, 1.54) is 0 Å². The molecule has 0 aromatic rings. The molecule has 1 N–H and O–H groups in total. The van der Waals surface area contributed by atoms with E-state index >= 15 is 0 Å². The first-order chi connectivity index (χ1) is 6.99. The highest BCUT2D eigenvalue weighted by atomic mass is 32.2. The minimum Gasteiger partial charge on any atom is -0.481 e. The lowest BCUT2D eigenvalue weighted by atomic mass is 10.2. The molecule has 0 amide bonds. The number of nitrogens with zero attached hydrogens (tertiary/aromatic N) is 1. The van der Waals surface area contributed by atoms with E-state index in [1.807, 2.05) is 0 Å². The Morgan fingerprint density at radius 1 is 1.20 bits per heavy atom. The van der Waals surface area contributed by atoms with Crippen molar-refractivity contribution in [2.24, 2.45) is 0 Å². The van der Waals surface area contributed by atoms with E-state index in [9.17, 15) is 13.2 Å². The molecule has 0 radical (unpaired) electrons. The van der Waals surface area contributed by atoms with Gasteiger partial charge in [-0.15, -0.1) is 0 Å². The predicted molar refractivity (Wildman–Crippen MR) is 56.6 cm³/mol. The highest BCUT2D eigenvalue weighted by Gasteiger charge is 2.20. The Kier molecular flexibility index (Phi) is 4.53. The Morgan fingerprint density at radius 3 is 2.33 bits per heavy atom.